The third-order valence-electron chi connectivity index (χ3n) is 11.3. The van der Waals surface area contributed by atoms with Crippen molar-refractivity contribution in [2.24, 2.45) is 0 Å². The number of halogens is 4. The molecule has 3 amide bonds. The average Bonchev–Trinajstić information content (AvgIpc) is 3.92. The first-order chi connectivity index (χ1) is 36.7. The molecule has 8 aromatic rings. The molecule has 2 atom stereocenters. The minimum atomic E-state index is -4.84. The molecular weight excluding hydrogens is 1240 g/mol. The standard InChI is InChI=1S/C32H37N7O6S3.2C11H6F2N.Ir/c40-27(33-18-20-46-47-28-10-2-4-14-34-28)9-1-3-15-37-31(41)24(21-48(43,44)45)38-32(42)26-8-6-19-39(26)25-13-17-36-30-23(25)12-11-22-7-5-16-35-29(22)30;2*12-8-4-5-9(10(13)7-8)11-3-1-2-6-14-11;/h2,4-5,7,10-14,16-17,24,26H,1,3,6,8-9,15,18-21H2,(H,33,40)(H,37,41)(H,38,42)(H,43,44,45);2*1-4,6-7H;/q;2*-1;/p-1. The molecule has 1 aliphatic heterocycles. The Kier molecular flexibility index (Phi) is 22.8. The maximum Gasteiger partial charge on any atom is 0.243 e. The summed E-state index contributed by atoms with van der Waals surface area (Å²) in [5, 5.41) is 10.6. The van der Waals surface area contributed by atoms with Crippen molar-refractivity contribution in [2.45, 2.75) is 49.2 Å². The van der Waals surface area contributed by atoms with Crippen LogP contribution in [0.3, 0.4) is 0 Å². The van der Waals surface area contributed by atoms with Crippen LogP contribution < -0.4 is 20.9 Å². The molecule has 1 radical (unpaired) electrons. The van der Waals surface area contributed by atoms with E-state index in [0.29, 0.717) is 61.4 Å². The Hall–Kier alpha value is -6.88. The second-order valence-corrected chi connectivity index (χ2v) is 20.6. The van der Waals surface area contributed by atoms with Gasteiger partial charge in [-0.3, -0.25) is 41.9 Å². The fourth-order valence-electron chi connectivity index (χ4n) is 7.84. The molecule has 0 bridgehead atoms. The Balaban J connectivity index is 0.000000266. The number of aromatic nitrogens is 5. The van der Waals surface area contributed by atoms with Crippen LogP contribution in [-0.2, 0) is 44.6 Å². The predicted molar refractivity (Wildman–Crippen MR) is 283 cm³/mol. The van der Waals surface area contributed by atoms with Crippen molar-refractivity contribution in [3.63, 3.8) is 0 Å². The Bertz CT molecular complexity index is 3260. The normalized spacial score (nSPS) is 13.3. The number of unbranched alkanes of at least 4 members (excludes halogenated alkanes) is 1. The average molecular weight is 1280 g/mol. The van der Waals surface area contributed by atoms with Crippen LogP contribution >= 0.6 is 21.6 Å². The topological polar surface area (TPSA) is 212 Å². The molecule has 23 heteroatoms. The van der Waals surface area contributed by atoms with E-state index >= 15 is 0 Å². The van der Waals surface area contributed by atoms with Crippen molar-refractivity contribution < 1.29 is 65.0 Å². The Morgan fingerprint density at radius 1 is 0.727 bits per heavy atom. The molecule has 2 unspecified atom stereocenters. The summed E-state index contributed by atoms with van der Waals surface area (Å²) < 4.78 is 86.6. The summed E-state index contributed by atoms with van der Waals surface area (Å²) in [5.41, 5.74) is 3.47. The fraction of sp³-hybridized carbons (Fsp3) is 0.222. The van der Waals surface area contributed by atoms with Crippen LogP contribution in [0.1, 0.15) is 32.1 Å². The molecule has 1 saturated heterocycles. The van der Waals surface area contributed by atoms with Gasteiger partial charge in [0.15, 0.2) is 0 Å². The van der Waals surface area contributed by atoms with Gasteiger partial charge < -0.3 is 35.4 Å². The number of rotatable bonds is 18. The van der Waals surface area contributed by atoms with E-state index < -0.39 is 63.0 Å². The van der Waals surface area contributed by atoms with Gasteiger partial charge in [-0.1, -0.05) is 76.5 Å². The number of benzene rings is 3. The van der Waals surface area contributed by atoms with Gasteiger partial charge in [0.25, 0.3) is 0 Å². The van der Waals surface area contributed by atoms with E-state index in [0.717, 1.165) is 51.3 Å². The minimum absolute atomic E-state index is 0. The second kappa shape index (κ2) is 29.6. The molecule has 9 rings (SSSR count). The van der Waals surface area contributed by atoms with Crippen molar-refractivity contribution in [1.82, 2.24) is 40.9 Å². The van der Waals surface area contributed by atoms with E-state index in [1.54, 1.807) is 78.2 Å². The maximum absolute atomic E-state index is 13.5. The molecule has 403 valence electrons. The van der Waals surface area contributed by atoms with Crippen LogP contribution in [0.4, 0.5) is 23.2 Å². The molecule has 15 nitrogen and oxygen atoms in total. The van der Waals surface area contributed by atoms with Crippen LogP contribution in [0.25, 0.3) is 44.3 Å². The van der Waals surface area contributed by atoms with Crippen LogP contribution in [0, 0.1) is 35.4 Å². The first-order valence-electron chi connectivity index (χ1n) is 23.7. The predicted octanol–water partition coefficient (Wildman–Crippen LogP) is 8.67. The number of pyridine rings is 5. The quantitative estimate of drug-likeness (QED) is 0.0183. The minimum Gasteiger partial charge on any atom is -0.748 e. The van der Waals surface area contributed by atoms with Gasteiger partial charge in [0, 0.05) is 123 Å². The summed E-state index contributed by atoms with van der Waals surface area (Å²) in [6.45, 7) is 1.22. The number of hydrogen-bond donors (Lipinski definition) is 3. The van der Waals surface area contributed by atoms with Gasteiger partial charge in [0.05, 0.1) is 26.9 Å². The van der Waals surface area contributed by atoms with Gasteiger partial charge in [-0.2, -0.15) is 0 Å². The van der Waals surface area contributed by atoms with E-state index in [1.165, 1.54) is 10.8 Å². The summed E-state index contributed by atoms with van der Waals surface area (Å²) >= 11 is 0. The van der Waals surface area contributed by atoms with Gasteiger partial charge in [0.1, 0.15) is 17.1 Å². The van der Waals surface area contributed by atoms with Crippen molar-refractivity contribution in [1.29, 1.82) is 0 Å². The van der Waals surface area contributed by atoms with E-state index in [2.05, 4.69) is 53.0 Å². The smallest absolute Gasteiger partial charge is 0.243 e. The molecule has 0 spiro atoms. The summed E-state index contributed by atoms with van der Waals surface area (Å²) in [6, 6.07) is 32.0. The molecule has 1 fully saturated rings. The SMILES string of the molecule is Fc1c[c-]c(-c2ccccn2)c(F)c1.Fc1c[c-]c(-c2ccccn2)c(F)c1.O=C(CCCCNC(=O)C(CS(=O)(=O)[O-])NC(=O)C1CCCN1c1ccnc2c1ccc1cccnc12)NCCSSc1ccccn1.[Ir]. The molecule has 5 aromatic heterocycles. The van der Waals surface area contributed by atoms with Gasteiger partial charge in [-0.05, 0) is 90.3 Å². The third kappa shape index (κ3) is 17.8. The number of hydrogen-bond acceptors (Lipinski definition) is 14. The van der Waals surface area contributed by atoms with E-state index in [-0.39, 0.29) is 50.1 Å². The molecule has 0 aliphatic carbocycles. The second-order valence-electron chi connectivity index (χ2n) is 16.7. The number of nitrogens with one attached hydrogen (secondary N) is 3. The van der Waals surface area contributed by atoms with Gasteiger partial charge in [-0.15, -0.1) is 24.3 Å². The molecule has 3 aromatic carbocycles. The van der Waals surface area contributed by atoms with Gasteiger partial charge in [-0.25, -0.2) is 13.4 Å². The van der Waals surface area contributed by atoms with Gasteiger partial charge >= 0.3 is 0 Å². The van der Waals surface area contributed by atoms with Crippen molar-refractivity contribution in [3.05, 3.63) is 176 Å². The number of carbonyl (C=O) groups excluding carboxylic acids is 3. The van der Waals surface area contributed by atoms with Crippen LogP contribution in [0.5, 0.6) is 0 Å². The number of anilines is 1. The Morgan fingerprint density at radius 3 is 1.97 bits per heavy atom. The molecule has 1 aliphatic rings. The zero-order valence-electron chi connectivity index (χ0n) is 40.7. The molecular formula is C54H48F4IrN9O6S3-3. The van der Waals surface area contributed by atoms with E-state index in [9.17, 15) is 44.9 Å². The summed E-state index contributed by atoms with van der Waals surface area (Å²) in [5.74, 6) is -4.37. The summed E-state index contributed by atoms with van der Waals surface area (Å²) in [7, 11) is -1.71. The first-order valence-corrected chi connectivity index (χ1v) is 27.6. The molecule has 6 heterocycles. The largest absolute Gasteiger partial charge is 0.748 e. The monoisotopic (exact) mass is 1280 g/mol. The number of carbonyl (C=O) groups is 3. The zero-order chi connectivity index (χ0) is 53.9. The third-order valence-corrected chi connectivity index (χ3v) is 14.3. The van der Waals surface area contributed by atoms with Crippen LogP contribution in [0.2, 0.25) is 0 Å². The van der Waals surface area contributed by atoms with Crippen LogP contribution in [0.15, 0.2) is 145 Å². The first kappa shape index (κ1) is 59.4. The molecule has 77 heavy (non-hydrogen) atoms. The van der Waals surface area contributed by atoms with E-state index in [1.807, 2.05) is 53.4 Å². The molecule has 0 saturated carbocycles. The van der Waals surface area contributed by atoms with Crippen molar-refractivity contribution in [2.75, 3.05) is 36.0 Å². The Labute approximate surface area is 463 Å². The van der Waals surface area contributed by atoms with Crippen LogP contribution in [-0.4, -0.2) is 98.8 Å². The number of nitrogens with zero attached hydrogens (tertiary/aromatic N) is 6. The van der Waals surface area contributed by atoms with E-state index in [4.69, 9.17) is 0 Å². The van der Waals surface area contributed by atoms with Gasteiger partial charge in [0.2, 0.25) is 17.7 Å². The fourth-order valence-corrected chi connectivity index (χ4v) is 10.3. The van der Waals surface area contributed by atoms with Crippen molar-refractivity contribution in [3.8, 4) is 22.5 Å². The molecule has 3 N–H and O–H groups in total. The number of amides is 3. The zero-order valence-corrected chi connectivity index (χ0v) is 45.6. The van der Waals surface area contributed by atoms with Crippen molar-refractivity contribution >= 4 is 76.9 Å². The summed E-state index contributed by atoms with van der Waals surface area (Å²) in [6.07, 6.45) is 10.5. The Morgan fingerprint density at radius 2 is 1.36 bits per heavy atom. The summed E-state index contributed by atoms with van der Waals surface area (Å²) in [4.78, 5) is 61.7. The number of fused-ring (bicyclic) bond motifs is 3. The maximum atomic E-state index is 13.5.